The van der Waals surface area contributed by atoms with Gasteiger partial charge in [0.25, 0.3) is 5.91 Å². The summed E-state index contributed by atoms with van der Waals surface area (Å²) in [6, 6.07) is 12.8. The lowest BCUT2D eigenvalue weighted by atomic mass is 10.0. The van der Waals surface area contributed by atoms with Gasteiger partial charge in [0.05, 0.1) is 11.6 Å². The largest absolute Gasteiger partial charge is 0.396 e. The Morgan fingerprint density at radius 1 is 1.24 bits per heavy atom. The van der Waals surface area contributed by atoms with Crippen molar-refractivity contribution in [3.8, 4) is 0 Å². The van der Waals surface area contributed by atoms with E-state index < -0.39 is 0 Å². The SMILES string of the molecule is O=C(NC(CCCO)c1ccccc1)c1cccnc1Cl. The van der Waals surface area contributed by atoms with E-state index in [4.69, 9.17) is 16.7 Å². The van der Waals surface area contributed by atoms with E-state index in [2.05, 4.69) is 10.3 Å². The van der Waals surface area contributed by atoms with Crippen molar-refractivity contribution in [2.24, 2.45) is 0 Å². The maximum Gasteiger partial charge on any atom is 0.254 e. The van der Waals surface area contributed by atoms with Gasteiger partial charge in [-0.25, -0.2) is 4.98 Å². The lowest BCUT2D eigenvalue weighted by Gasteiger charge is -2.19. The van der Waals surface area contributed by atoms with E-state index in [1.165, 1.54) is 0 Å². The number of carbonyl (C=O) groups is 1. The van der Waals surface area contributed by atoms with Crippen molar-refractivity contribution in [3.63, 3.8) is 0 Å². The molecule has 1 aromatic heterocycles. The van der Waals surface area contributed by atoms with Crippen LogP contribution in [0.2, 0.25) is 5.15 Å². The fourth-order valence-electron chi connectivity index (χ4n) is 2.09. The number of hydrogen-bond acceptors (Lipinski definition) is 3. The Bertz CT molecular complexity index is 590. The van der Waals surface area contributed by atoms with Gasteiger partial charge in [0.15, 0.2) is 0 Å². The van der Waals surface area contributed by atoms with Gasteiger partial charge in [0, 0.05) is 12.8 Å². The number of benzene rings is 1. The molecule has 2 N–H and O–H groups in total. The highest BCUT2D eigenvalue weighted by Gasteiger charge is 2.17. The Kier molecular flexibility index (Phi) is 5.72. The number of aliphatic hydroxyl groups excluding tert-OH is 1. The number of carbonyl (C=O) groups excluding carboxylic acids is 1. The molecule has 2 aromatic rings. The van der Waals surface area contributed by atoms with Crippen LogP contribution in [-0.4, -0.2) is 22.6 Å². The highest BCUT2D eigenvalue weighted by Crippen LogP contribution is 2.20. The summed E-state index contributed by atoms with van der Waals surface area (Å²) in [4.78, 5) is 16.2. The second-order valence-corrected chi connectivity index (χ2v) is 5.00. The van der Waals surface area contributed by atoms with Gasteiger partial charge in [-0.3, -0.25) is 4.79 Å². The van der Waals surface area contributed by atoms with Gasteiger partial charge in [-0.05, 0) is 30.5 Å². The fourth-order valence-corrected chi connectivity index (χ4v) is 2.30. The van der Waals surface area contributed by atoms with Crippen LogP contribution in [0.5, 0.6) is 0 Å². The van der Waals surface area contributed by atoms with E-state index in [9.17, 15) is 4.79 Å². The minimum Gasteiger partial charge on any atom is -0.396 e. The second-order valence-electron chi connectivity index (χ2n) is 4.64. The van der Waals surface area contributed by atoms with E-state index in [1.807, 2.05) is 30.3 Å². The average molecular weight is 305 g/mol. The Hall–Kier alpha value is -1.91. The Labute approximate surface area is 128 Å². The molecule has 0 aliphatic carbocycles. The molecule has 1 amide bonds. The monoisotopic (exact) mass is 304 g/mol. The Morgan fingerprint density at radius 3 is 2.67 bits per heavy atom. The molecule has 0 aliphatic rings. The van der Waals surface area contributed by atoms with Crippen LogP contribution < -0.4 is 5.32 Å². The van der Waals surface area contributed by atoms with Crippen molar-refractivity contribution >= 4 is 17.5 Å². The van der Waals surface area contributed by atoms with Gasteiger partial charge in [0.2, 0.25) is 0 Å². The predicted molar refractivity (Wildman–Crippen MR) is 82.2 cm³/mol. The number of amides is 1. The third-order valence-corrected chi connectivity index (χ3v) is 3.46. The van der Waals surface area contributed by atoms with Crippen molar-refractivity contribution in [1.82, 2.24) is 10.3 Å². The molecule has 110 valence electrons. The smallest absolute Gasteiger partial charge is 0.254 e. The molecule has 0 fully saturated rings. The Balaban J connectivity index is 2.15. The first-order valence-corrected chi connectivity index (χ1v) is 7.17. The van der Waals surface area contributed by atoms with Crippen LogP contribution >= 0.6 is 11.6 Å². The van der Waals surface area contributed by atoms with Crippen LogP contribution in [0.3, 0.4) is 0 Å². The maximum absolute atomic E-state index is 12.3. The normalized spacial score (nSPS) is 11.9. The molecule has 0 bridgehead atoms. The molecule has 0 aliphatic heterocycles. The first kappa shape index (κ1) is 15.5. The van der Waals surface area contributed by atoms with Crippen molar-refractivity contribution < 1.29 is 9.90 Å². The fraction of sp³-hybridized carbons (Fsp3) is 0.250. The van der Waals surface area contributed by atoms with Crippen molar-refractivity contribution in [2.75, 3.05) is 6.61 Å². The summed E-state index contributed by atoms with van der Waals surface area (Å²) < 4.78 is 0. The zero-order chi connectivity index (χ0) is 15.1. The van der Waals surface area contributed by atoms with E-state index in [0.29, 0.717) is 18.4 Å². The summed E-state index contributed by atoms with van der Waals surface area (Å²) in [5, 5.41) is 12.1. The van der Waals surface area contributed by atoms with Gasteiger partial charge in [0.1, 0.15) is 5.15 Å². The summed E-state index contributed by atoms with van der Waals surface area (Å²) >= 11 is 5.94. The summed E-state index contributed by atoms with van der Waals surface area (Å²) in [5.74, 6) is -0.264. The first-order chi connectivity index (χ1) is 10.2. The number of rotatable bonds is 6. The van der Waals surface area contributed by atoms with Crippen LogP contribution in [0.4, 0.5) is 0 Å². The molecule has 21 heavy (non-hydrogen) atoms. The van der Waals surface area contributed by atoms with Crippen LogP contribution in [-0.2, 0) is 0 Å². The summed E-state index contributed by atoms with van der Waals surface area (Å²) in [7, 11) is 0. The predicted octanol–water partition coefficient (Wildman–Crippen LogP) is 2.98. The van der Waals surface area contributed by atoms with Crippen LogP contribution in [0, 0.1) is 0 Å². The zero-order valence-corrected chi connectivity index (χ0v) is 12.3. The molecule has 5 heteroatoms. The molecule has 1 unspecified atom stereocenters. The third kappa shape index (κ3) is 4.28. The minimum atomic E-state index is -0.264. The molecular weight excluding hydrogens is 288 g/mol. The number of aliphatic hydroxyl groups is 1. The zero-order valence-electron chi connectivity index (χ0n) is 11.5. The topological polar surface area (TPSA) is 62.2 Å². The van der Waals surface area contributed by atoms with E-state index >= 15 is 0 Å². The second kappa shape index (κ2) is 7.76. The van der Waals surface area contributed by atoms with Crippen LogP contribution in [0.1, 0.15) is 34.8 Å². The summed E-state index contributed by atoms with van der Waals surface area (Å²) in [5.41, 5.74) is 1.35. The van der Waals surface area contributed by atoms with E-state index in [-0.39, 0.29) is 23.7 Å². The first-order valence-electron chi connectivity index (χ1n) is 6.79. The summed E-state index contributed by atoms with van der Waals surface area (Å²) in [6.45, 7) is 0.0901. The number of hydrogen-bond donors (Lipinski definition) is 2. The molecule has 1 aromatic carbocycles. The number of pyridine rings is 1. The van der Waals surface area contributed by atoms with Crippen molar-refractivity contribution in [1.29, 1.82) is 0 Å². The molecule has 4 nitrogen and oxygen atoms in total. The van der Waals surface area contributed by atoms with Gasteiger partial charge in [-0.15, -0.1) is 0 Å². The summed E-state index contributed by atoms with van der Waals surface area (Å²) in [6.07, 6.45) is 2.81. The average Bonchev–Trinajstić information content (AvgIpc) is 2.52. The molecule has 0 radical (unpaired) electrons. The van der Waals surface area contributed by atoms with Gasteiger partial charge in [-0.1, -0.05) is 41.9 Å². The molecule has 0 spiro atoms. The molecular formula is C16H17ClN2O2. The minimum absolute atomic E-state index is 0.0901. The standard InChI is InChI=1S/C16H17ClN2O2/c17-15-13(8-4-10-18-15)16(21)19-14(9-5-11-20)12-6-2-1-3-7-12/h1-4,6-8,10,14,20H,5,9,11H2,(H,19,21). The number of nitrogens with zero attached hydrogens (tertiary/aromatic N) is 1. The Morgan fingerprint density at radius 2 is 2.00 bits per heavy atom. The van der Waals surface area contributed by atoms with Gasteiger partial charge < -0.3 is 10.4 Å². The molecule has 2 rings (SSSR count). The molecule has 0 saturated heterocycles. The number of halogens is 1. The van der Waals surface area contributed by atoms with Gasteiger partial charge >= 0.3 is 0 Å². The molecule has 1 atom stereocenters. The highest BCUT2D eigenvalue weighted by atomic mass is 35.5. The third-order valence-electron chi connectivity index (χ3n) is 3.16. The number of aromatic nitrogens is 1. The van der Waals surface area contributed by atoms with Crippen LogP contribution in [0.25, 0.3) is 0 Å². The van der Waals surface area contributed by atoms with Gasteiger partial charge in [-0.2, -0.15) is 0 Å². The number of nitrogens with one attached hydrogen (secondary N) is 1. The molecule has 0 saturated carbocycles. The quantitative estimate of drug-likeness (QED) is 0.807. The maximum atomic E-state index is 12.3. The van der Waals surface area contributed by atoms with Crippen LogP contribution in [0.15, 0.2) is 48.7 Å². The lowest BCUT2D eigenvalue weighted by molar-refractivity contribution is 0.0932. The van der Waals surface area contributed by atoms with E-state index in [1.54, 1.807) is 18.3 Å². The molecule has 1 heterocycles. The van der Waals surface area contributed by atoms with E-state index in [0.717, 1.165) is 5.56 Å². The van der Waals surface area contributed by atoms with Crippen molar-refractivity contribution in [3.05, 3.63) is 64.9 Å². The lowest BCUT2D eigenvalue weighted by Crippen LogP contribution is -2.29. The van der Waals surface area contributed by atoms with Crippen molar-refractivity contribution in [2.45, 2.75) is 18.9 Å². The highest BCUT2D eigenvalue weighted by molar-refractivity contribution is 6.32.